The molecule has 1 aromatic rings. The lowest BCUT2D eigenvalue weighted by atomic mass is 9.44. The number of nitrogen functional groups attached to an aromatic ring is 2. The van der Waals surface area contributed by atoms with E-state index < -0.39 is 0 Å². The molecular formula is C32H52N2O. The summed E-state index contributed by atoms with van der Waals surface area (Å²) in [5, 5.41) is 0. The van der Waals surface area contributed by atoms with Crippen LogP contribution in [0.5, 0.6) is 0 Å². The molecule has 196 valence electrons. The second-order valence-electron chi connectivity index (χ2n) is 14.2. The molecule has 0 aromatic heterocycles. The van der Waals surface area contributed by atoms with Gasteiger partial charge in [-0.15, -0.1) is 0 Å². The standard InChI is InChI=1S/C32H52N2O/c1-20(2)16-21(3)27-9-10-28-26-8-6-23-18-25(35-19-22-17-24(33)7-11-30(22)34)12-14-31(23,4)29(26)13-15-32(27,28)5/h7,11,17,20-21,23,25-29H,6,8-10,12-16,18-19,33-34H2,1-5H3. The lowest BCUT2D eigenvalue weighted by Gasteiger charge is -2.61. The zero-order valence-electron chi connectivity index (χ0n) is 23.2. The number of rotatable bonds is 6. The van der Waals surface area contributed by atoms with Crippen LogP contribution in [0.4, 0.5) is 11.4 Å². The van der Waals surface area contributed by atoms with E-state index in [9.17, 15) is 0 Å². The molecule has 9 unspecified atom stereocenters. The lowest BCUT2D eigenvalue weighted by molar-refractivity contribution is -0.138. The molecule has 4 N–H and O–H groups in total. The molecule has 3 heteroatoms. The Bertz CT molecular complexity index is 898. The Kier molecular flexibility index (Phi) is 6.96. The Morgan fingerprint density at radius 3 is 2.43 bits per heavy atom. The molecule has 4 saturated carbocycles. The Hall–Kier alpha value is -1.22. The van der Waals surface area contributed by atoms with Crippen LogP contribution in [0.3, 0.4) is 0 Å². The SMILES string of the molecule is CC(C)CC(C)C1CCC2C3CCC4CC(OCc5cc(N)ccc5N)CCC4(C)C3CCC12C. The highest BCUT2D eigenvalue weighted by Crippen LogP contribution is 2.68. The van der Waals surface area contributed by atoms with Gasteiger partial charge in [0.15, 0.2) is 0 Å². The van der Waals surface area contributed by atoms with E-state index in [1.54, 1.807) is 0 Å². The smallest absolute Gasteiger partial charge is 0.0741 e. The van der Waals surface area contributed by atoms with Gasteiger partial charge >= 0.3 is 0 Å². The first-order valence-corrected chi connectivity index (χ1v) is 14.9. The molecule has 4 aliphatic rings. The topological polar surface area (TPSA) is 61.3 Å². The third kappa shape index (κ3) is 4.53. The highest BCUT2D eigenvalue weighted by Gasteiger charge is 2.60. The zero-order valence-corrected chi connectivity index (χ0v) is 23.2. The Morgan fingerprint density at radius 1 is 0.914 bits per heavy atom. The van der Waals surface area contributed by atoms with Crippen molar-refractivity contribution >= 4 is 11.4 Å². The lowest BCUT2D eigenvalue weighted by Crippen LogP contribution is -2.54. The predicted octanol–water partition coefficient (Wildman–Crippen LogP) is 8.08. The number of nitrogens with two attached hydrogens (primary N) is 2. The van der Waals surface area contributed by atoms with Crippen LogP contribution in [0.15, 0.2) is 18.2 Å². The van der Waals surface area contributed by atoms with E-state index in [-0.39, 0.29) is 0 Å². The summed E-state index contributed by atoms with van der Waals surface area (Å²) in [6.07, 6.45) is 14.4. The molecule has 0 heterocycles. The van der Waals surface area contributed by atoms with E-state index in [0.717, 1.165) is 58.4 Å². The second-order valence-corrected chi connectivity index (χ2v) is 14.2. The normalized spacial score (nSPS) is 41.8. The van der Waals surface area contributed by atoms with Crippen LogP contribution >= 0.6 is 0 Å². The summed E-state index contributed by atoms with van der Waals surface area (Å²) in [6.45, 7) is 13.4. The van der Waals surface area contributed by atoms with Crippen molar-refractivity contribution in [1.82, 2.24) is 0 Å². The molecule has 3 nitrogen and oxygen atoms in total. The van der Waals surface area contributed by atoms with Crippen molar-refractivity contribution < 1.29 is 4.74 Å². The summed E-state index contributed by atoms with van der Waals surface area (Å²) in [5.41, 5.74) is 15.9. The highest BCUT2D eigenvalue weighted by molar-refractivity contribution is 5.54. The average Bonchev–Trinajstić information content (AvgIpc) is 3.16. The van der Waals surface area contributed by atoms with Gasteiger partial charge in [-0.05, 0) is 135 Å². The third-order valence-corrected chi connectivity index (χ3v) is 11.9. The Morgan fingerprint density at radius 2 is 1.66 bits per heavy atom. The molecule has 1 aromatic carbocycles. The largest absolute Gasteiger partial charge is 0.399 e. The minimum atomic E-state index is 0.368. The molecule has 0 spiro atoms. The number of hydrogen-bond acceptors (Lipinski definition) is 3. The van der Waals surface area contributed by atoms with E-state index in [1.165, 1.54) is 64.2 Å². The van der Waals surface area contributed by atoms with Gasteiger partial charge in [0.2, 0.25) is 0 Å². The van der Waals surface area contributed by atoms with Crippen molar-refractivity contribution in [3.05, 3.63) is 23.8 Å². The monoisotopic (exact) mass is 480 g/mol. The van der Waals surface area contributed by atoms with Crippen LogP contribution in [0.2, 0.25) is 0 Å². The van der Waals surface area contributed by atoms with Gasteiger partial charge < -0.3 is 16.2 Å². The van der Waals surface area contributed by atoms with Gasteiger partial charge in [0, 0.05) is 16.9 Å². The number of hydrogen-bond donors (Lipinski definition) is 2. The molecule has 0 aliphatic heterocycles. The number of anilines is 2. The maximum absolute atomic E-state index is 6.46. The molecule has 35 heavy (non-hydrogen) atoms. The molecule has 0 amide bonds. The number of fused-ring (bicyclic) bond motifs is 5. The van der Waals surface area contributed by atoms with Gasteiger partial charge in [-0.1, -0.05) is 34.6 Å². The van der Waals surface area contributed by atoms with Crippen molar-refractivity contribution in [3.8, 4) is 0 Å². The molecule has 0 bridgehead atoms. The van der Waals surface area contributed by atoms with Crippen molar-refractivity contribution in [3.63, 3.8) is 0 Å². The van der Waals surface area contributed by atoms with Gasteiger partial charge in [0.1, 0.15) is 0 Å². The summed E-state index contributed by atoms with van der Waals surface area (Å²) >= 11 is 0. The van der Waals surface area contributed by atoms with Crippen LogP contribution in [0.25, 0.3) is 0 Å². The maximum atomic E-state index is 6.46. The van der Waals surface area contributed by atoms with Crippen molar-refractivity contribution in [2.24, 2.45) is 52.3 Å². The highest BCUT2D eigenvalue weighted by atomic mass is 16.5. The summed E-state index contributed by atoms with van der Waals surface area (Å²) < 4.78 is 6.46. The fraction of sp³-hybridized carbons (Fsp3) is 0.812. The molecule has 4 fully saturated rings. The van der Waals surface area contributed by atoms with E-state index in [1.807, 2.05) is 18.2 Å². The van der Waals surface area contributed by atoms with Gasteiger partial charge in [-0.3, -0.25) is 0 Å². The van der Waals surface area contributed by atoms with Crippen molar-refractivity contribution in [2.75, 3.05) is 11.5 Å². The van der Waals surface area contributed by atoms with E-state index in [2.05, 4.69) is 34.6 Å². The Labute approximate surface area is 215 Å². The second kappa shape index (κ2) is 9.58. The maximum Gasteiger partial charge on any atom is 0.0741 e. The Balaban J connectivity index is 1.24. The van der Waals surface area contributed by atoms with Crippen LogP contribution in [-0.2, 0) is 11.3 Å². The summed E-state index contributed by atoms with van der Waals surface area (Å²) in [6, 6.07) is 5.75. The minimum absolute atomic E-state index is 0.368. The van der Waals surface area contributed by atoms with Crippen LogP contribution < -0.4 is 11.5 Å². The third-order valence-electron chi connectivity index (χ3n) is 11.9. The van der Waals surface area contributed by atoms with Crippen molar-refractivity contribution in [1.29, 1.82) is 0 Å². The summed E-state index contributed by atoms with van der Waals surface area (Å²) in [5.74, 6) is 6.35. The van der Waals surface area contributed by atoms with Gasteiger partial charge in [0.05, 0.1) is 12.7 Å². The van der Waals surface area contributed by atoms with Gasteiger partial charge in [-0.2, -0.15) is 0 Å². The average molecular weight is 481 g/mol. The van der Waals surface area contributed by atoms with E-state index in [4.69, 9.17) is 16.2 Å². The molecule has 4 aliphatic carbocycles. The first-order valence-electron chi connectivity index (χ1n) is 14.9. The van der Waals surface area contributed by atoms with Crippen LogP contribution in [-0.4, -0.2) is 6.10 Å². The molecule has 0 saturated heterocycles. The first kappa shape index (κ1) is 25.4. The summed E-state index contributed by atoms with van der Waals surface area (Å²) in [7, 11) is 0. The first-order chi connectivity index (χ1) is 16.6. The molecule has 5 rings (SSSR count). The summed E-state index contributed by atoms with van der Waals surface area (Å²) in [4.78, 5) is 0. The quantitative estimate of drug-likeness (QED) is 0.405. The number of ether oxygens (including phenoxy) is 1. The fourth-order valence-corrected chi connectivity index (χ4v) is 10.2. The fourth-order valence-electron chi connectivity index (χ4n) is 10.2. The predicted molar refractivity (Wildman–Crippen MR) is 148 cm³/mol. The minimum Gasteiger partial charge on any atom is -0.399 e. The van der Waals surface area contributed by atoms with Gasteiger partial charge in [0.25, 0.3) is 0 Å². The zero-order chi connectivity index (χ0) is 25.0. The van der Waals surface area contributed by atoms with E-state index >= 15 is 0 Å². The van der Waals surface area contributed by atoms with Crippen LogP contribution in [0, 0.1) is 52.3 Å². The molecule has 9 atom stereocenters. The molecule has 0 radical (unpaired) electrons. The van der Waals surface area contributed by atoms with E-state index in [0.29, 0.717) is 23.5 Å². The van der Waals surface area contributed by atoms with Crippen molar-refractivity contribution in [2.45, 2.75) is 112 Å². The molecular weight excluding hydrogens is 428 g/mol. The number of benzene rings is 1. The van der Waals surface area contributed by atoms with Crippen LogP contribution in [0.1, 0.15) is 104 Å². The van der Waals surface area contributed by atoms with Gasteiger partial charge in [-0.25, -0.2) is 0 Å².